The normalized spacial score (nSPS) is 16.0. The van der Waals surface area contributed by atoms with Crippen molar-refractivity contribution in [1.29, 1.82) is 5.26 Å². The smallest absolute Gasteiger partial charge is 0.410 e. The topological polar surface area (TPSA) is 79.6 Å². The second-order valence-electron chi connectivity index (χ2n) is 5.65. The SMILES string of the molecule is CCC(O)CC(CC(C)OC(=O)C(F)(F)C(F)(F)C(F)F)OCCC#N. The van der Waals surface area contributed by atoms with Crippen LogP contribution in [-0.2, 0) is 14.3 Å². The van der Waals surface area contributed by atoms with Crippen molar-refractivity contribution in [3.63, 3.8) is 0 Å². The van der Waals surface area contributed by atoms with E-state index in [1.807, 2.05) is 0 Å². The van der Waals surface area contributed by atoms with Crippen molar-refractivity contribution >= 4 is 5.97 Å². The molecule has 1 N–H and O–H groups in total. The Morgan fingerprint density at radius 2 is 1.81 bits per heavy atom. The highest BCUT2D eigenvalue weighted by molar-refractivity contribution is 5.79. The van der Waals surface area contributed by atoms with Crippen LogP contribution in [-0.4, -0.2) is 54.3 Å². The van der Waals surface area contributed by atoms with Gasteiger partial charge in [0.05, 0.1) is 31.3 Å². The summed E-state index contributed by atoms with van der Waals surface area (Å²) in [5.74, 6) is -14.3. The summed E-state index contributed by atoms with van der Waals surface area (Å²) >= 11 is 0. The van der Waals surface area contributed by atoms with Crippen molar-refractivity contribution in [2.45, 2.75) is 76.1 Å². The van der Waals surface area contributed by atoms with Gasteiger partial charge in [0.15, 0.2) is 0 Å². The number of hydrogen-bond acceptors (Lipinski definition) is 5. The van der Waals surface area contributed by atoms with E-state index in [0.29, 0.717) is 6.42 Å². The highest BCUT2D eigenvalue weighted by Crippen LogP contribution is 2.40. The summed E-state index contributed by atoms with van der Waals surface area (Å²) in [6, 6.07) is 1.80. The lowest BCUT2D eigenvalue weighted by molar-refractivity contribution is -0.268. The fraction of sp³-hybridized carbons (Fsp3) is 0.867. The maximum absolute atomic E-state index is 13.2. The number of alkyl halides is 6. The Bertz CT molecular complexity index is 483. The second kappa shape index (κ2) is 10.6. The first-order chi connectivity index (χ1) is 11.9. The van der Waals surface area contributed by atoms with Crippen LogP contribution in [0.3, 0.4) is 0 Å². The van der Waals surface area contributed by atoms with E-state index in [0.717, 1.165) is 6.92 Å². The molecule has 3 unspecified atom stereocenters. The monoisotopic (exact) mass is 393 g/mol. The van der Waals surface area contributed by atoms with E-state index in [2.05, 4.69) is 4.74 Å². The molecule has 0 saturated heterocycles. The van der Waals surface area contributed by atoms with Gasteiger partial charge in [0.25, 0.3) is 0 Å². The highest BCUT2D eigenvalue weighted by atomic mass is 19.3. The lowest BCUT2D eigenvalue weighted by atomic mass is 10.0. The molecule has 0 fully saturated rings. The van der Waals surface area contributed by atoms with Gasteiger partial charge in [-0.05, 0) is 19.8 Å². The highest BCUT2D eigenvalue weighted by Gasteiger charge is 2.69. The quantitative estimate of drug-likeness (QED) is 0.313. The molecular formula is C15H21F6NO4. The summed E-state index contributed by atoms with van der Waals surface area (Å²) in [6.07, 6.45) is -7.66. The first-order valence-electron chi connectivity index (χ1n) is 7.81. The van der Waals surface area contributed by atoms with E-state index in [1.165, 1.54) is 0 Å². The number of aliphatic hydroxyl groups is 1. The molecule has 0 radical (unpaired) electrons. The standard InChI is InChI=1S/C15H21F6NO4/c1-3-10(23)8-11(25-6-4-5-22)7-9(2)26-13(24)15(20,21)14(18,19)12(16)17/h9-12,23H,3-4,6-8H2,1-2H3. The largest absolute Gasteiger partial charge is 0.458 e. The van der Waals surface area contributed by atoms with E-state index < -0.39 is 42.6 Å². The second-order valence-corrected chi connectivity index (χ2v) is 5.65. The maximum Gasteiger partial charge on any atom is 0.410 e. The third-order valence-corrected chi connectivity index (χ3v) is 3.43. The average molecular weight is 393 g/mol. The predicted octanol–water partition coefficient (Wildman–Crippen LogP) is 3.30. The number of nitriles is 1. The van der Waals surface area contributed by atoms with Gasteiger partial charge in [0.1, 0.15) is 6.10 Å². The van der Waals surface area contributed by atoms with E-state index >= 15 is 0 Å². The lowest BCUT2D eigenvalue weighted by Gasteiger charge is -2.27. The summed E-state index contributed by atoms with van der Waals surface area (Å²) < 4.78 is 85.7. The molecule has 0 aromatic rings. The van der Waals surface area contributed by atoms with Crippen LogP contribution in [0.5, 0.6) is 0 Å². The number of aliphatic hydroxyl groups excluding tert-OH is 1. The number of halogens is 6. The molecule has 0 bridgehead atoms. The van der Waals surface area contributed by atoms with Gasteiger partial charge < -0.3 is 14.6 Å². The van der Waals surface area contributed by atoms with Crippen LogP contribution in [0.2, 0.25) is 0 Å². The lowest BCUT2D eigenvalue weighted by Crippen LogP contribution is -2.53. The van der Waals surface area contributed by atoms with Crippen molar-refractivity contribution in [2.75, 3.05) is 6.61 Å². The molecule has 152 valence electrons. The van der Waals surface area contributed by atoms with Crippen LogP contribution >= 0.6 is 0 Å². The number of nitrogens with zero attached hydrogens (tertiary/aromatic N) is 1. The molecule has 5 nitrogen and oxygen atoms in total. The van der Waals surface area contributed by atoms with Crippen LogP contribution in [0.25, 0.3) is 0 Å². The van der Waals surface area contributed by atoms with Crippen LogP contribution in [0.4, 0.5) is 26.3 Å². The van der Waals surface area contributed by atoms with Crippen LogP contribution < -0.4 is 0 Å². The molecule has 0 heterocycles. The van der Waals surface area contributed by atoms with E-state index in [1.54, 1.807) is 13.0 Å². The Labute approximate surface area is 146 Å². The van der Waals surface area contributed by atoms with Gasteiger partial charge in [0, 0.05) is 6.42 Å². The number of hydrogen-bond donors (Lipinski definition) is 1. The zero-order valence-corrected chi connectivity index (χ0v) is 14.2. The summed E-state index contributed by atoms with van der Waals surface area (Å²) in [5.41, 5.74) is 0. The van der Waals surface area contributed by atoms with E-state index in [-0.39, 0.29) is 25.9 Å². The molecule has 0 aliphatic carbocycles. The fourth-order valence-electron chi connectivity index (χ4n) is 1.92. The number of esters is 1. The minimum Gasteiger partial charge on any atom is -0.458 e. The molecule has 0 spiro atoms. The zero-order valence-electron chi connectivity index (χ0n) is 14.2. The predicted molar refractivity (Wildman–Crippen MR) is 77.0 cm³/mol. The molecule has 3 atom stereocenters. The van der Waals surface area contributed by atoms with Crippen molar-refractivity contribution < 1.29 is 45.7 Å². The Morgan fingerprint density at radius 3 is 2.27 bits per heavy atom. The van der Waals surface area contributed by atoms with Gasteiger partial charge >= 0.3 is 24.2 Å². The summed E-state index contributed by atoms with van der Waals surface area (Å²) in [4.78, 5) is 11.2. The molecule has 0 aliphatic heterocycles. The third kappa shape index (κ3) is 6.99. The average Bonchev–Trinajstić information content (AvgIpc) is 2.54. The van der Waals surface area contributed by atoms with Gasteiger partial charge in [0.2, 0.25) is 0 Å². The van der Waals surface area contributed by atoms with E-state index in [4.69, 9.17) is 10.00 Å². The molecule has 0 aliphatic rings. The molecule has 0 rings (SSSR count). The maximum atomic E-state index is 13.2. The van der Waals surface area contributed by atoms with Crippen molar-refractivity contribution in [3.05, 3.63) is 0 Å². The third-order valence-electron chi connectivity index (χ3n) is 3.43. The molecule has 26 heavy (non-hydrogen) atoms. The van der Waals surface area contributed by atoms with Crippen LogP contribution in [0, 0.1) is 11.3 Å². The van der Waals surface area contributed by atoms with Gasteiger partial charge in [-0.3, -0.25) is 0 Å². The minimum atomic E-state index is -5.87. The summed E-state index contributed by atoms with van der Waals surface area (Å²) in [6.45, 7) is 2.71. The molecule has 0 aromatic heterocycles. The molecule has 11 heteroatoms. The Hall–Kier alpha value is -1.54. The number of ether oxygens (including phenoxy) is 2. The van der Waals surface area contributed by atoms with Gasteiger partial charge in [-0.2, -0.15) is 22.8 Å². The summed E-state index contributed by atoms with van der Waals surface area (Å²) in [7, 11) is 0. The molecular weight excluding hydrogens is 372 g/mol. The number of carbonyl (C=O) groups excluding carboxylic acids is 1. The van der Waals surface area contributed by atoms with Crippen molar-refractivity contribution in [1.82, 2.24) is 0 Å². The van der Waals surface area contributed by atoms with Crippen molar-refractivity contribution in [3.8, 4) is 6.07 Å². The first kappa shape index (κ1) is 24.5. The van der Waals surface area contributed by atoms with E-state index in [9.17, 15) is 36.2 Å². The van der Waals surface area contributed by atoms with Crippen LogP contribution in [0.15, 0.2) is 0 Å². The van der Waals surface area contributed by atoms with Gasteiger partial charge in [-0.25, -0.2) is 13.6 Å². The zero-order chi connectivity index (χ0) is 20.5. The fourth-order valence-corrected chi connectivity index (χ4v) is 1.92. The Morgan fingerprint density at radius 1 is 1.23 bits per heavy atom. The van der Waals surface area contributed by atoms with Crippen LogP contribution in [0.1, 0.15) is 39.5 Å². The number of rotatable bonds is 12. The molecule has 0 saturated carbocycles. The van der Waals surface area contributed by atoms with Crippen molar-refractivity contribution in [2.24, 2.45) is 0 Å². The van der Waals surface area contributed by atoms with Gasteiger partial charge in [-0.15, -0.1) is 0 Å². The molecule has 0 aromatic carbocycles. The number of carbonyl (C=O) groups is 1. The molecule has 0 amide bonds. The minimum absolute atomic E-state index is 0.00553. The first-order valence-corrected chi connectivity index (χ1v) is 7.81. The summed E-state index contributed by atoms with van der Waals surface area (Å²) in [5, 5.41) is 18.1. The Kier molecular flexibility index (Phi) is 9.94. The Balaban J connectivity index is 4.90. The van der Waals surface area contributed by atoms with Gasteiger partial charge in [-0.1, -0.05) is 6.92 Å².